The number of carboxylic acid groups (broad SMARTS) is 1. The number of rotatable bonds is 7. The van der Waals surface area contributed by atoms with Crippen LogP contribution < -0.4 is 10.6 Å². The number of fused-ring (bicyclic) bond motifs is 1. The number of aromatic nitrogens is 1. The molecule has 0 unspecified atom stereocenters. The van der Waals surface area contributed by atoms with Crippen molar-refractivity contribution in [3.63, 3.8) is 0 Å². The summed E-state index contributed by atoms with van der Waals surface area (Å²) in [5.41, 5.74) is 0.732. The Balaban J connectivity index is 1.52. The normalized spacial score (nSPS) is 21.1. The summed E-state index contributed by atoms with van der Waals surface area (Å²) in [6, 6.07) is 4.33. The number of amides is 2. The number of halogens is 2. The zero-order chi connectivity index (χ0) is 26.2. The standard InChI is InChI=1S/C26H29ClFN3O5/c1-14-5-6-16(13-17(14)28)29-24(35)20-18-4-3-11-31(18)22(21(20)27)23(34)25(36)30-26(2)9-7-15(8-10-26)12-19(32)33/h5-6,13,15H,3-4,7-12H2,1-2H3,(H,29,35)(H,30,36)(H,32,33). The molecule has 0 radical (unpaired) electrons. The summed E-state index contributed by atoms with van der Waals surface area (Å²) in [7, 11) is 0. The third kappa shape index (κ3) is 5.16. The number of anilines is 1. The number of benzene rings is 1. The maximum absolute atomic E-state index is 13.9. The molecule has 10 heteroatoms. The van der Waals surface area contributed by atoms with Gasteiger partial charge in [-0.1, -0.05) is 17.7 Å². The molecule has 1 aliphatic heterocycles. The van der Waals surface area contributed by atoms with Crippen LogP contribution in [0.1, 0.15) is 77.6 Å². The number of carbonyl (C=O) groups is 4. The second-order valence-corrected chi connectivity index (χ2v) is 10.4. The monoisotopic (exact) mass is 517 g/mol. The molecule has 192 valence electrons. The van der Waals surface area contributed by atoms with E-state index >= 15 is 0 Å². The zero-order valence-corrected chi connectivity index (χ0v) is 21.0. The maximum Gasteiger partial charge on any atom is 0.303 e. The summed E-state index contributed by atoms with van der Waals surface area (Å²) < 4.78 is 15.6. The summed E-state index contributed by atoms with van der Waals surface area (Å²) in [6.07, 6.45) is 3.70. The van der Waals surface area contributed by atoms with Crippen LogP contribution in [0.4, 0.5) is 10.1 Å². The van der Waals surface area contributed by atoms with Crippen molar-refractivity contribution in [2.24, 2.45) is 5.92 Å². The molecule has 3 N–H and O–H groups in total. The third-order valence-corrected chi connectivity index (χ3v) is 7.64. The predicted molar refractivity (Wildman–Crippen MR) is 132 cm³/mol. The molecule has 0 bridgehead atoms. The maximum atomic E-state index is 13.9. The highest BCUT2D eigenvalue weighted by Gasteiger charge is 2.38. The Morgan fingerprint density at radius 1 is 1.22 bits per heavy atom. The topological polar surface area (TPSA) is 118 Å². The van der Waals surface area contributed by atoms with Gasteiger partial charge in [-0.15, -0.1) is 0 Å². The number of nitrogens with one attached hydrogen (secondary N) is 2. The van der Waals surface area contributed by atoms with Crippen LogP contribution in [0.15, 0.2) is 18.2 Å². The molecule has 1 aliphatic carbocycles. The van der Waals surface area contributed by atoms with E-state index in [-0.39, 0.29) is 34.3 Å². The number of Topliss-reactive ketones (excluding diaryl/α,β-unsaturated/α-hetero) is 1. The Morgan fingerprint density at radius 3 is 2.56 bits per heavy atom. The van der Waals surface area contributed by atoms with E-state index in [9.17, 15) is 23.6 Å². The zero-order valence-electron chi connectivity index (χ0n) is 20.2. The van der Waals surface area contributed by atoms with Gasteiger partial charge in [0.15, 0.2) is 0 Å². The first kappa shape index (κ1) is 25.9. The first-order valence-electron chi connectivity index (χ1n) is 12.1. The number of aliphatic carboxylic acids is 1. The summed E-state index contributed by atoms with van der Waals surface area (Å²) in [5.74, 6) is -3.45. The molecule has 4 rings (SSSR count). The van der Waals surface area contributed by atoms with Gasteiger partial charge in [-0.05, 0) is 76.0 Å². The van der Waals surface area contributed by atoms with E-state index in [1.54, 1.807) is 23.6 Å². The molecule has 1 aromatic heterocycles. The van der Waals surface area contributed by atoms with Crippen molar-refractivity contribution in [2.45, 2.75) is 70.9 Å². The second-order valence-electron chi connectivity index (χ2n) is 10.0. The minimum atomic E-state index is -0.841. The van der Waals surface area contributed by atoms with Gasteiger partial charge < -0.3 is 20.3 Å². The van der Waals surface area contributed by atoms with Crippen molar-refractivity contribution in [1.82, 2.24) is 9.88 Å². The minimum absolute atomic E-state index is 0.0231. The van der Waals surface area contributed by atoms with Gasteiger partial charge in [0.1, 0.15) is 11.5 Å². The van der Waals surface area contributed by atoms with Gasteiger partial charge >= 0.3 is 5.97 Å². The second kappa shape index (κ2) is 10.0. The first-order chi connectivity index (χ1) is 17.0. The molecule has 2 amide bonds. The smallest absolute Gasteiger partial charge is 0.303 e. The molecule has 8 nitrogen and oxygen atoms in total. The Labute approximate surface area is 213 Å². The van der Waals surface area contributed by atoms with E-state index in [0.29, 0.717) is 56.3 Å². The summed E-state index contributed by atoms with van der Waals surface area (Å²) in [5, 5.41) is 14.4. The van der Waals surface area contributed by atoms with Gasteiger partial charge in [0.2, 0.25) is 0 Å². The molecule has 0 spiro atoms. The van der Waals surface area contributed by atoms with Gasteiger partial charge in [-0.25, -0.2) is 4.39 Å². The highest BCUT2D eigenvalue weighted by Crippen LogP contribution is 2.36. The molecule has 1 saturated carbocycles. The van der Waals surface area contributed by atoms with Crippen molar-refractivity contribution in [3.8, 4) is 0 Å². The van der Waals surface area contributed by atoms with E-state index in [2.05, 4.69) is 10.6 Å². The Morgan fingerprint density at radius 2 is 1.92 bits per heavy atom. The molecule has 2 heterocycles. The summed E-state index contributed by atoms with van der Waals surface area (Å²) in [6.45, 7) is 3.91. The van der Waals surface area contributed by atoms with Gasteiger partial charge in [-0.2, -0.15) is 0 Å². The first-order valence-corrected chi connectivity index (χ1v) is 12.4. The number of carbonyl (C=O) groups excluding carboxylic acids is 3. The van der Waals surface area contributed by atoms with Crippen LogP contribution in [0.5, 0.6) is 0 Å². The van der Waals surface area contributed by atoms with Crippen molar-refractivity contribution in [3.05, 3.63) is 51.6 Å². The number of hydrogen-bond donors (Lipinski definition) is 3. The lowest BCUT2D eigenvalue weighted by Crippen LogP contribution is -2.50. The molecular formula is C26H29ClFN3O5. The average molecular weight is 518 g/mol. The fourth-order valence-electron chi connectivity index (χ4n) is 5.19. The average Bonchev–Trinajstić information content (AvgIpc) is 3.36. The Hall–Kier alpha value is -3.20. The van der Waals surface area contributed by atoms with Crippen LogP contribution in [0, 0.1) is 18.7 Å². The molecule has 1 aromatic carbocycles. The highest BCUT2D eigenvalue weighted by molar-refractivity contribution is 6.48. The number of carboxylic acids is 1. The predicted octanol–water partition coefficient (Wildman–Crippen LogP) is 4.51. The van der Waals surface area contributed by atoms with Crippen LogP contribution in [-0.2, 0) is 22.6 Å². The van der Waals surface area contributed by atoms with Gasteiger partial charge in [0.25, 0.3) is 17.6 Å². The van der Waals surface area contributed by atoms with E-state index in [1.165, 1.54) is 6.07 Å². The van der Waals surface area contributed by atoms with E-state index in [4.69, 9.17) is 16.7 Å². The molecule has 2 aliphatic rings. The van der Waals surface area contributed by atoms with E-state index in [0.717, 1.165) is 0 Å². The molecule has 2 aromatic rings. The number of hydrogen-bond acceptors (Lipinski definition) is 4. The van der Waals surface area contributed by atoms with Crippen molar-refractivity contribution >= 4 is 40.9 Å². The largest absolute Gasteiger partial charge is 0.481 e. The van der Waals surface area contributed by atoms with Gasteiger partial charge in [-0.3, -0.25) is 19.2 Å². The van der Waals surface area contributed by atoms with Crippen molar-refractivity contribution < 1.29 is 28.7 Å². The number of ketones is 1. The Bertz CT molecular complexity index is 1250. The SMILES string of the molecule is Cc1ccc(NC(=O)c2c(Cl)c(C(=O)C(=O)NC3(C)CCC(CC(=O)O)CC3)n3c2CCC3)cc1F. The fourth-order valence-corrected chi connectivity index (χ4v) is 5.57. The summed E-state index contributed by atoms with van der Waals surface area (Å²) >= 11 is 6.54. The van der Waals surface area contributed by atoms with Gasteiger partial charge in [0.05, 0.1) is 10.6 Å². The minimum Gasteiger partial charge on any atom is -0.481 e. The quantitative estimate of drug-likeness (QED) is 0.369. The lowest BCUT2D eigenvalue weighted by molar-refractivity contribution is -0.138. The fraction of sp³-hybridized carbons (Fsp3) is 0.462. The Kier molecular flexibility index (Phi) is 7.22. The number of nitrogens with zero attached hydrogens (tertiary/aromatic N) is 1. The van der Waals surface area contributed by atoms with Gasteiger partial charge in [0, 0.05) is 29.9 Å². The highest BCUT2D eigenvalue weighted by atomic mass is 35.5. The molecule has 0 saturated heterocycles. The van der Waals surface area contributed by atoms with Crippen LogP contribution in [0.25, 0.3) is 0 Å². The molecular weight excluding hydrogens is 489 g/mol. The van der Waals surface area contributed by atoms with Crippen molar-refractivity contribution in [2.75, 3.05) is 5.32 Å². The molecule has 36 heavy (non-hydrogen) atoms. The van der Waals surface area contributed by atoms with Crippen LogP contribution in [0.2, 0.25) is 5.02 Å². The lowest BCUT2D eigenvalue weighted by Gasteiger charge is -2.37. The van der Waals surface area contributed by atoms with E-state index in [1.807, 2.05) is 6.92 Å². The van der Waals surface area contributed by atoms with Crippen LogP contribution >= 0.6 is 11.6 Å². The van der Waals surface area contributed by atoms with E-state index < -0.39 is 34.9 Å². The lowest BCUT2D eigenvalue weighted by atomic mass is 9.76. The van der Waals surface area contributed by atoms with Crippen molar-refractivity contribution in [1.29, 1.82) is 0 Å². The van der Waals surface area contributed by atoms with Crippen LogP contribution in [0.3, 0.4) is 0 Å². The summed E-state index contributed by atoms with van der Waals surface area (Å²) in [4.78, 5) is 50.3. The van der Waals surface area contributed by atoms with Crippen LogP contribution in [-0.4, -0.2) is 38.8 Å². The molecule has 0 atom stereocenters. The third-order valence-electron chi connectivity index (χ3n) is 7.27. The number of aryl methyl sites for hydroxylation is 1. The molecule has 1 fully saturated rings.